The van der Waals surface area contributed by atoms with Crippen LogP contribution in [0.4, 0.5) is 0 Å². The highest BCUT2D eigenvalue weighted by Crippen LogP contribution is 2.22. The predicted octanol–water partition coefficient (Wildman–Crippen LogP) is 5.35. The lowest BCUT2D eigenvalue weighted by Crippen LogP contribution is -2.60. The Morgan fingerprint density at radius 1 is 0.708 bits per heavy atom. The monoisotopic (exact) mass is 686 g/mol. The molecule has 0 aromatic rings. The van der Waals surface area contributed by atoms with Crippen molar-refractivity contribution in [2.75, 3.05) is 13.2 Å². The van der Waals surface area contributed by atoms with Crippen molar-refractivity contribution in [3.63, 3.8) is 0 Å². The molecular formula is C38H71NO9. The smallest absolute Gasteiger partial charge is 0.249 e. The van der Waals surface area contributed by atoms with Gasteiger partial charge in [0.05, 0.1) is 25.4 Å². The van der Waals surface area contributed by atoms with Gasteiger partial charge >= 0.3 is 0 Å². The number of hydrogen-bond donors (Lipinski definition) is 7. The van der Waals surface area contributed by atoms with E-state index in [1.165, 1.54) is 83.5 Å². The molecular weight excluding hydrogens is 614 g/mol. The molecule has 1 rings (SSSR count). The fourth-order valence-corrected chi connectivity index (χ4v) is 5.86. The highest BCUT2D eigenvalue weighted by molar-refractivity contribution is 5.80. The maximum Gasteiger partial charge on any atom is 0.249 e. The van der Waals surface area contributed by atoms with Gasteiger partial charge in [-0.3, -0.25) is 4.79 Å². The maximum atomic E-state index is 12.9. The van der Waals surface area contributed by atoms with Gasteiger partial charge in [-0.15, -0.1) is 0 Å². The number of unbranched alkanes of at least 4 members (excludes halogenated alkanes) is 17. The van der Waals surface area contributed by atoms with Crippen LogP contribution in [0.25, 0.3) is 0 Å². The second-order valence-electron chi connectivity index (χ2n) is 13.5. The molecule has 8 unspecified atom stereocenters. The predicted molar refractivity (Wildman–Crippen MR) is 190 cm³/mol. The molecule has 0 saturated carbocycles. The standard InChI is InChI=1S/C38H71NO9/c1-3-5-7-9-11-13-15-17-19-21-23-25-27-32(42)37(46)39-30(29-47-38-36(45)35(44)34(43)33(28-40)48-38)31(41)26-24-22-20-18-16-14-12-10-8-6-4-2/h17,19,24,26,30-36,38,40-45H,3-16,18,20-23,25,27-29H2,1-2H3,(H,39,46)/b19-17-,26-24+. The first-order valence-corrected chi connectivity index (χ1v) is 19.2. The second-order valence-corrected chi connectivity index (χ2v) is 13.5. The molecule has 1 aliphatic heterocycles. The van der Waals surface area contributed by atoms with Crippen molar-refractivity contribution >= 4 is 5.91 Å². The number of carbonyl (C=O) groups is 1. The molecule has 1 fully saturated rings. The lowest BCUT2D eigenvalue weighted by Gasteiger charge is -2.40. The molecule has 8 atom stereocenters. The van der Waals surface area contributed by atoms with Crippen LogP contribution in [0.1, 0.15) is 149 Å². The second kappa shape index (κ2) is 29.4. The summed E-state index contributed by atoms with van der Waals surface area (Å²) in [6.07, 6.45) is 21.3. The quantitative estimate of drug-likeness (QED) is 0.0389. The van der Waals surface area contributed by atoms with Crippen LogP contribution in [0.2, 0.25) is 0 Å². The van der Waals surface area contributed by atoms with Crippen molar-refractivity contribution in [3.8, 4) is 0 Å². The minimum Gasteiger partial charge on any atom is -0.394 e. The first-order chi connectivity index (χ1) is 23.3. The Bertz CT molecular complexity index is 824. The number of amides is 1. The number of nitrogens with one attached hydrogen (secondary N) is 1. The lowest BCUT2D eigenvalue weighted by molar-refractivity contribution is -0.302. The molecule has 0 aromatic heterocycles. The molecule has 48 heavy (non-hydrogen) atoms. The van der Waals surface area contributed by atoms with E-state index < -0.39 is 61.5 Å². The van der Waals surface area contributed by atoms with Crippen LogP contribution >= 0.6 is 0 Å². The number of carbonyl (C=O) groups excluding carboxylic acids is 1. The van der Waals surface area contributed by atoms with E-state index in [0.29, 0.717) is 6.42 Å². The molecule has 1 saturated heterocycles. The van der Waals surface area contributed by atoms with Crippen LogP contribution in [0, 0.1) is 0 Å². The van der Waals surface area contributed by atoms with E-state index in [2.05, 4.69) is 31.3 Å². The highest BCUT2D eigenvalue weighted by Gasteiger charge is 2.44. The summed E-state index contributed by atoms with van der Waals surface area (Å²) in [5, 5.41) is 64.2. The molecule has 282 valence electrons. The van der Waals surface area contributed by atoms with E-state index in [0.717, 1.165) is 38.5 Å². The van der Waals surface area contributed by atoms with Crippen molar-refractivity contribution in [1.29, 1.82) is 0 Å². The highest BCUT2D eigenvalue weighted by atomic mass is 16.7. The number of aliphatic hydroxyl groups excluding tert-OH is 6. The lowest BCUT2D eigenvalue weighted by atomic mass is 9.99. The minimum atomic E-state index is -1.61. The molecule has 10 heteroatoms. The maximum absolute atomic E-state index is 12.9. The molecule has 0 aromatic carbocycles. The first kappa shape index (κ1) is 44.7. The Hall–Kier alpha value is -1.37. The van der Waals surface area contributed by atoms with E-state index in [9.17, 15) is 35.4 Å². The topological polar surface area (TPSA) is 169 Å². The summed E-state index contributed by atoms with van der Waals surface area (Å²) in [6.45, 7) is 3.53. The van der Waals surface area contributed by atoms with Crippen LogP contribution in [0.5, 0.6) is 0 Å². The van der Waals surface area contributed by atoms with Gasteiger partial charge in [-0.2, -0.15) is 0 Å². The Balaban J connectivity index is 2.56. The number of allylic oxidation sites excluding steroid dienone is 3. The van der Waals surface area contributed by atoms with E-state index in [4.69, 9.17) is 9.47 Å². The minimum absolute atomic E-state index is 0.280. The molecule has 0 radical (unpaired) electrons. The van der Waals surface area contributed by atoms with Gasteiger partial charge in [-0.1, -0.05) is 128 Å². The van der Waals surface area contributed by atoms with Crippen LogP contribution < -0.4 is 5.32 Å². The number of aliphatic hydroxyl groups is 6. The zero-order chi connectivity index (χ0) is 35.4. The molecule has 7 N–H and O–H groups in total. The molecule has 0 spiro atoms. The van der Waals surface area contributed by atoms with Gasteiger partial charge in [0, 0.05) is 0 Å². The fraction of sp³-hybridized carbons (Fsp3) is 0.868. The summed E-state index contributed by atoms with van der Waals surface area (Å²) in [7, 11) is 0. The molecule has 0 aliphatic carbocycles. The van der Waals surface area contributed by atoms with Gasteiger partial charge in [0.1, 0.15) is 30.5 Å². The molecule has 1 aliphatic rings. The molecule has 0 bridgehead atoms. The third kappa shape index (κ3) is 20.3. The number of rotatable bonds is 30. The van der Waals surface area contributed by atoms with Crippen LogP contribution in [0.15, 0.2) is 24.3 Å². The van der Waals surface area contributed by atoms with E-state index in [1.807, 2.05) is 6.08 Å². The van der Waals surface area contributed by atoms with Crippen molar-refractivity contribution < 1.29 is 44.9 Å². The van der Waals surface area contributed by atoms with E-state index >= 15 is 0 Å². The van der Waals surface area contributed by atoms with Gasteiger partial charge in [0.2, 0.25) is 5.91 Å². The number of hydrogen-bond acceptors (Lipinski definition) is 9. The average molecular weight is 686 g/mol. The van der Waals surface area contributed by atoms with Gasteiger partial charge in [-0.25, -0.2) is 0 Å². The van der Waals surface area contributed by atoms with Crippen molar-refractivity contribution in [2.24, 2.45) is 0 Å². The van der Waals surface area contributed by atoms with Crippen LogP contribution in [-0.2, 0) is 14.3 Å². The van der Waals surface area contributed by atoms with Gasteiger partial charge in [-0.05, 0) is 44.9 Å². The summed E-state index contributed by atoms with van der Waals surface area (Å²) < 4.78 is 11.1. The summed E-state index contributed by atoms with van der Waals surface area (Å²) in [6, 6.07) is -0.983. The van der Waals surface area contributed by atoms with Gasteiger partial charge in [0.25, 0.3) is 0 Å². The molecule has 10 nitrogen and oxygen atoms in total. The number of ether oxygens (including phenoxy) is 2. The van der Waals surface area contributed by atoms with Gasteiger partial charge < -0.3 is 45.4 Å². The van der Waals surface area contributed by atoms with Crippen molar-refractivity contribution in [3.05, 3.63) is 24.3 Å². The summed E-state index contributed by atoms with van der Waals surface area (Å²) in [5.74, 6) is -0.637. The SMILES string of the molecule is CCCCCCCC/C=C\CCCCC(O)C(=O)NC(COC1OC(CO)C(O)C(O)C1O)C(O)/C=C/CCCCCCCCCCC. The van der Waals surface area contributed by atoms with Gasteiger partial charge in [0.15, 0.2) is 6.29 Å². The normalized spacial score (nSPS) is 23.5. The van der Waals surface area contributed by atoms with Crippen molar-refractivity contribution in [2.45, 2.75) is 198 Å². The first-order valence-electron chi connectivity index (χ1n) is 19.2. The molecule has 1 heterocycles. The van der Waals surface area contributed by atoms with Crippen LogP contribution in [0.3, 0.4) is 0 Å². The summed E-state index contributed by atoms with van der Waals surface area (Å²) in [4.78, 5) is 12.9. The summed E-state index contributed by atoms with van der Waals surface area (Å²) in [5.41, 5.74) is 0. The van der Waals surface area contributed by atoms with E-state index in [1.54, 1.807) is 6.08 Å². The third-order valence-corrected chi connectivity index (χ3v) is 9.13. The Morgan fingerprint density at radius 3 is 1.75 bits per heavy atom. The Morgan fingerprint density at radius 2 is 1.21 bits per heavy atom. The Kier molecular flexibility index (Phi) is 27.3. The van der Waals surface area contributed by atoms with Crippen LogP contribution in [-0.4, -0.2) is 98.7 Å². The largest absolute Gasteiger partial charge is 0.394 e. The Labute approximate surface area is 291 Å². The van der Waals surface area contributed by atoms with E-state index in [-0.39, 0.29) is 13.0 Å². The zero-order valence-corrected chi connectivity index (χ0v) is 30.1. The zero-order valence-electron chi connectivity index (χ0n) is 30.1. The third-order valence-electron chi connectivity index (χ3n) is 9.13. The van der Waals surface area contributed by atoms with Crippen molar-refractivity contribution in [1.82, 2.24) is 5.32 Å². The average Bonchev–Trinajstić information content (AvgIpc) is 3.08. The fourth-order valence-electron chi connectivity index (χ4n) is 5.86. The summed E-state index contributed by atoms with van der Waals surface area (Å²) >= 11 is 0. The molecule has 1 amide bonds.